The number of hydrogen-bond acceptors (Lipinski definition) is 2. The number of benzene rings is 2. The summed E-state index contributed by atoms with van der Waals surface area (Å²) in [5.41, 5.74) is 3.00. The number of aryl methyl sites for hydroxylation is 1. The molecule has 4 nitrogen and oxygen atoms in total. The van der Waals surface area contributed by atoms with Crippen molar-refractivity contribution < 1.29 is 14.7 Å². The molecule has 1 heterocycles. The van der Waals surface area contributed by atoms with Crippen LogP contribution < -0.4 is 4.90 Å². The van der Waals surface area contributed by atoms with E-state index in [1.807, 2.05) is 18.2 Å². The minimum absolute atomic E-state index is 0.134. The van der Waals surface area contributed by atoms with Crippen LogP contribution in [0.5, 0.6) is 0 Å². The number of anilines is 1. The first kappa shape index (κ1) is 13.4. The van der Waals surface area contributed by atoms with E-state index < -0.39 is 5.97 Å². The van der Waals surface area contributed by atoms with Crippen molar-refractivity contribution in [3.63, 3.8) is 0 Å². The van der Waals surface area contributed by atoms with Gasteiger partial charge >= 0.3 is 5.97 Å². The van der Waals surface area contributed by atoms with Gasteiger partial charge in [0.1, 0.15) is 0 Å². The zero-order valence-electron chi connectivity index (χ0n) is 11.7. The third-order valence-corrected chi connectivity index (χ3v) is 3.85. The molecule has 2 aromatic rings. The number of nitrogens with zero attached hydrogens (tertiary/aromatic N) is 1. The van der Waals surface area contributed by atoms with Crippen molar-refractivity contribution in [3.8, 4) is 0 Å². The van der Waals surface area contributed by atoms with Gasteiger partial charge in [0.2, 0.25) is 0 Å². The molecule has 0 atom stereocenters. The lowest BCUT2D eigenvalue weighted by atomic mass is 9.97. The number of carbonyl (C=O) groups excluding carboxylic acids is 1. The van der Waals surface area contributed by atoms with E-state index in [0.29, 0.717) is 23.4 Å². The Labute approximate surface area is 122 Å². The number of carboxylic acid groups (broad SMARTS) is 1. The highest BCUT2D eigenvalue weighted by atomic mass is 16.4. The van der Waals surface area contributed by atoms with Gasteiger partial charge in [-0.15, -0.1) is 0 Å². The topological polar surface area (TPSA) is 57.6 Å². The van der Waals surface area contributed by atoms with Crippen LogP contribution in [0.25, 0.3) is 0 Å². The van der Waals surface area contributed by atoms with E-state index in [-0.39, 0.29) is 11.5 Å². The summed E-state index contributed by atoms with van der Waals surface area (Å²) in [5.74, 6) is -1.14. The van der Waals surface area contributed by atoms with Crippen molar-refractivity contribution in [1.29, 1.82) is 0 Å². The Morgan fingerprint density at radius 1 is 1.14 bits per heavy atom. The Morgan fingerprint density at radius 3 is 2.67 bits per heavy atom. The van der Waals surface area contributed by atoms with Crippen LogP contribution in [0.15, 0.2) is 42.5 Å². The zero-order chi connectivity index (χ0) is 15.0. The molecular weight excluding hydrogens is 266 g/mol. The third-order valence-electron chi connectivity index (χ3n) is 3.85. The first-order chi connectivity index (χ1) is 10.1. The van der Waals surface area contributed by atoms with Crippen LogP contribution in [0.4, 0.5) is 5.69 Å². The second kappa shape index (κ2) is 5.05. The molecule has 3 rings (SSSR count). The fourth-order valence-corrected chi connectivity index (χ4v) is 2.81. The summed E-state index contributed by atoms with van der Waals surface area (Å²) >= 11 is 0. The highest BCUT2D eigenvalue weighted by Gasteiger charge is 2.28. The fraction of sp³-hybridized carbons (Fsp3) is 0.176. The Hall–Kier alpha value is -2.62. The van der Waals surface area contributed by atoms with Gasteiger partial charge in [0.15, 0.2) is 0 Å². The quantitative estimate of drug-likeness (QED) is 0.920. The number of fused-ring (bicyclic) bond motifs is 1. The predicted octanol–water partition coefficient (Wildman–Crippen LogP) is 2.90. The van der Waals surface area contributed by atoms with Gasteiger partial charge in [-0.1, -0.05) is 30.3 Å². The van der Waals surface area contributed by atoms with Gasteiger partial charge in [-0.05, 0) is 36.6 Å². The number of aromatic carboxylic acids is 1. The van der Waals surface area contributed by atoms with Crippen LogP contribution in [0.3, 0.4) is 0 Å². The van der Waals surface area contributed by atoms with Gasteiger partial charge in [0, 0.05) is 12.1 Å². The first-order valence-electron chi connectivity index (χ1n) is 6.82. The molecule has 0 unspecified atom stereocenters. The maximum atomic E-state index is 12.6. The van der Waals surface area contributed by atoms with Gasteiger partial charge in [0.05, 0.1) is 11.3 Å². The second-order valence-electron chi connectivity index (χ2n) is 5.14. The van der Waals surface area contributed by atoms with Gasteiger partial charge in [-0.25, -0.2) is 4.79 Å². The van der Waals surface area contributed by atoms with Crippen LogP contribution in [-0.2, 0) is 6.42 Å². The monoisotopic (exact) mass is 281 g/mol. The van der Waals surface area contributed by atoms with E-state index in [9.17, 15) is 14.7 Å². The minimum Gasteiger partial charge on any atom is -0.478 e. The van der Waals surface area contributed by atoms with E-state index in [1.54, 1.807) is 36.1 Å². The summed E-state index contributed by atoms with van der Waals surface area (Å²) in [6.07, 6.45) is 0.731. The summed E-state index contributed by atoms with van der Waals surface area (Å²) in [4.78, 5) is 25.7. The molecule has 0 radical (unpaired) electrons. The van der Waals surface area contributed by atoms with Gasteiger partial charge in [0.25, 0.3) is 5.91 Å². The van der Waals surface area contributed by atoms with Crippen LogP contribution in [0.2, 0.25) is 0 Å². The molecule has 2 aromatic carbocycles. The van der Waals surface area contributed by atoms with Crippen molar-refractivity contribution in [2.24, 2.45) is 0 Å². The van der Waals surface area contributed by atoms with E-state index in [4.69, 9.17) is 0 Å². The van der Waals surface area contributed by atoms with Crippen LogP contribution >= 0.6 is 0 Å². The highest BCUT2D eigenvalue weighted by Crippen LogP contribution is 2.29. The number of amides is 1. The summed E-state index contributed by atoms with van der Waals surface area (Å²) in [5, 5.41) is 9.42. The first-order valence-corrected chi connectivity index (χ1v) is 6.82. The van der Waals surface area contributed by atoms with Crippen LogP contribution in [0, 0.1) is 6.92 Å². The molecule has 1 amide bonds. The number of hydrogen-bond donors (Lipinski definition) is 1. The maximum Gasteiger partial charge on any atom is 0.338 e. The maximum absolute atomic E-state index is 12.6. The lowest BCUT2D eigenvalue weighted by molar-refractivity contribution is 0.0697. The molecule has 0 bridgehead atoms. The Morgan fingerprint density at radius 2 is 1.90 bits per heavy atom. The molecule has 0 fully saturated rings. The zero-order valence-corrected chi connectivity index (χ0v) is 11.7. The number of carbonyl (C=O) groups is 2. The lowest BCUT2D eigenvalue weighted by Gasteiger charge is -2.30. The summed E-state index contributed by atoms with van der Waals surface area (Å²) < 4.78 is 0. The van der Waals surface area contributed by atoms with Gasteiger partial charge in [-0.2, -0.15) is 0 Å². The highest BCUT2D eigenvalue weighted by molar-refractivity contribution is 6.11. The average Bonchev–Trinajstić information content (AvgIpc) is 2.47. The van der Waals surface area contributed by atoms with E-state index in [1.165, 1.54) is 0 Å². The molecular formula is C17H15NO3. The molecule has 0 aliphatic carbocycles. The number of carboxylic acids is 1. The summed E-state index contributed by atoms with van der Waals surface area (Å²) in [6.45, 7) is 2.24. The SMILES string of the molecule is Cc1cccc(N2CCc3ccccc3C2=O)c1C(=O)O. The Kier molecular flexibility index (Phi) is 3.22. The predicted molar refractivity (Wildman–Crippen MR) is 80.0 cm³/mol. The third kappa shape index (κ3) is 2.18. The van der Waals surface area contributed by atoms with Gasteiger partial charge in [-0.3, -0.25) is 4.79 Å². The van der Waals surface area contributed by atoms with Crippen LogP contribution in [-0.4, -0.2) is 23.5 Å². The van der Waals surface area contributed by atoms with Gasteiger partial charge < -0.3 is 10.0 Å². The summed E-state index contributed by atoms with van der Waals surface area (Å²) in [6, 6.07) is 12.7. The van der Waals surface area contributed by atoms with E-state index in [0.717, 1.165) is 12.0 Å². The van der Waals surface area contributed by atoms with E-state index >= 15 is 0 Å². The standard InChI is InChI=1S/C17H15NO3/c1-11-5-4-8-14(15(11)17(20)21)18-10-9-12-6-2-3-7-13(12)16(18)19/h2-8H,9-10H2,1H3,(H,20,21). The fourth-order valence-electron chi connectivity index (χ4n) is 2.81. The molecule has 0 spiro atoms. The average molecular weight is 281 g/mol. The molecule has 1 N–H and O–H groups in total. The molecule has 106 valence electrons. The largest absolute Gasteiger partial charge is 0.478 e. The van der Waals surface area contributed by atoms with Crippen molar-refractivity contribution in [2.75, 3.05) is 11.4 Å². The molecule has 0 saturated carbocycles. The van der Waals surface area contributed by atoms with Crippen molar-refractivity contribution in [1.82, 2.24) is 0 Å². The van der Waals surface area contributed by atoms with Crippen molar-refractivity contribution in [2.45, 2.75) is 13.3 Å². The molecule has 21 heavy (non-hydrogen) atoms. The van der Waals surface area contributed by atoms with E-state index in [2.05, 4.69) is 0 Å². The lowest BCUT2D eigenvalue weighted by Crippen LogP contribution is -2.38. The number of rotatable bonds is 2. The Bertz CT molecular complexity index is 737. The second-order valence-corrected chi connectivity index (χ2v) is 5.14. The molecule has 1 aliphatic heterocycles. The van der Waals surface area contributed by atoms with Crippen molar-refractivity contribution in [3.05, 3.63) is 64.7 Å². The molecule has 1 aliphatic rings. The molecule has 0 saturated heterocycles. The Balaban J connectivity index is 2.10. The minimum atomic E-state index is -1.00. The smallest absolute Gasteiger partial charge is 0.338 e. The normalized spacial score (nSPS) is 14.0. The summed E-state index contributed by atoms with van der Waals surface area (Å²) in [7, 11) is 0. The molecule has 0 aromatic heterocycles. The molecule has 4 heteroatoms. The van der Waals surface area contributed by atoms with Crippen molar-refractivity contribution >= 4 is 17.6 Å². The van der Waals surface area contributed by atoms with Crippen LogP contribution in [0.1, 0.15) is 31.8 Å².